The van der Waals surface area contributed by atoms with Crippen molar-refractivity contribution < 1.29 is 4.79 Å². The summed E-state index contributed by atoms with van der Waals surface area (Å²) in [7, 11) is 0. The molecule has 0 aliphatic carbocycles. The third-order valence-electron chi connectivity index (χ3n) is 3.04. The molecule has 1 aromatic rings. The topological polar surface area (TPSA) is 80.0 Å². The summed E-state index contributed by atoms with van der Waals surface area (Å²) in [5.41, 5.74) is 3.59. The molecule has 1 amide bonds. The van der Waals surface area contributed by atoms with Gasteiger partial charge in [-0.15, -0.1) is 0 Å². The molecule has 0 saturated heterocycles. The highest BCUT2D eigenvalue weighted by Crippen LogP contribution is 2.10. The molecule has 5 heteroatoms. The number of hydrazine groups is 1. The van der Waals surface area contributed by atoms with E-state index in [1.807, 2.05) is 0 Å². The van der Waals surface area contributed by atoms with E-state index in [1.165, 1.54) is 0 Å². The summed E-state index contributed by atoms with van der Waals surface area (Å²) >= 11 is 0. The van der Waals surface area contributed by atoms with Crippen molar-refractivity contribution in [3.63, 3.8) is 0 Å². The van der Waals surface area contributed by atoms with Crippen molar-refractivity contribution in [3.05, 3.63) is 24.0 Å². The van der Waals surface area contributed by atoms with Gasteiger partial charge in [0.15, 0.2) is 0 Å². The van der Waals surface area contributed by atoms with E-state index in [0.717, 1.165) is 32.1 Å². The molecule has 0 aliphatic rings. The van der Waals surface area contributed by atoms with Gasteiger partial charge in [-0.2, -0.15) is 0 Å². The largest absolute Gasteiger partial charge is 0.348 e. The lowest BCUT2D eigenvalue weighted by atomic mass is 10.0. The predicted molar refractivity (Wildman–Crippen MR) is 77.7 cm³/mol. The number of nitrogens with two attached hydrogens (primary N) is 1. The Labute approximate surface area is 115 Å². The van der Waals surface area contributed by atoms with Crippen LogP contribution < -0.4 is 16.6 Å². The smallest absolute Gasteiger partial charge is 0.270 e. The van der Waals surface area contributed by atoms with Crippen LogP contribution in [0.5, 0.6) is 0 Å². The molecular weight excluding hydrogens is 240 g/mol. The molecule has 19 heavy (non-hydrogen) atoms. The van der Waals surface area contributed by atoms with Crippen molar-refractivity contribution >= 4 is 11.6 Å². The van der Waals surface area contributed by atoms with Gasteiger partial charge in [0, 0.05) is 12.2 Å². The van der Waals surface area contributed by atoms with E-state index in [0.29, 0.717) is 11.4 Å². The van der Waals surface area contributed by atoms with E-state index >= 15 is 0 Å². The fourth-order valence-corrected chi connectivity index (χ4v) is 1.99. The number of carbonyl (C=O) groups is 1. The molecule has 1 atom stereocenters. The summed E-state index contributed by atoms with van der Waals surface area (Å²) in [5, 5.41) is 3.05. The molecule has 106 valence electrons. The van der Waals surface area contributed by atoms with Gasteiger partial charge in [0.25, 0.3) is 5.91 Å². The molecule has 0 bridgehead atoms. The van der Waals surface area contributed by atoms with Crippen LogP contribution in [0.25, 0.3) is 0 Å². The molecule has 0 aliphatic heterocycles. The lowest BCUT2D eigenvalue weighted by Gasteiger charge is -2.17. The molecule has 5 nitrogen and oxygen atoms in total. The normalized spacial score (nSPS) is 11.9. The first-order valence-electron chi connectivity index (χ1n) is 6.94. The van der Waals surface area contributed by atoms with Gasteiger partial charge in [-0.3, -0.25) is 15.6 Å². The second-order valence-corrected chi connectivity index (χ2v) is 4.68. The van der Waals surface area contributed by atoms with Crippen molar-refractivity contribution in [1.29, 1.82) is 0 Å². The summed E-state index contributed by atoms with van der Waals surface area (Å²) in [6, 6.07) is 3.60. The Hall–Kier alpha value is -1.62. The highest BCUT2D eigenvalue weighted by atomic mass is 16.1. The van der Waals surface area contributed by atoms with E-state index in [9.17, 15) is 4.79 Å². The number of carbonyl (C=O) groups excluding carboxylic acids is 1. The summed E-state index contributed by atoms with van der Waals surface area (Å²) in [6.45, 7) is 4.28. The first kappa shape index (κ1) is 15.4. The monoisotopic (exact) mass is 264 g/mol. The maximum atomic E-state index is 12.1. The van der Waals surface area contributed by atoms with Crippen LogP contribution in [-0.2, 0) is 0 Å². The van der Waals surface area contributed by atoms with Crippen LogP contribution in [0.2, 0.25) is 0 Å². The molecule has 1 unspecified atom stereocenters. The maximum Gasteiger partial charge on any atom is 0.270 e. The molecule has 0 radical (unpaired) electrons. The molecule has 1 rings (SSSR count). The van der Waals surface area contributed by atoms with Crippen molar-refractivity contribution in [2.24, 2.45) is 5.84 Å². The molecule has 0 aromatic carbocycles. The van der Waals surface area contributed by atoms with Gasteiger partial charge in [-0.05, 0) is 25.0 Å². The molecule has 0 spiro atoms. The maximum absolute atomic E-state index is 12.1. The number of anilines is 1. The van der Waals surface area contributed by atoms with Gasteiger partial charge >= 0.3 is 0 Å². The third kappa shape index (κ3) is 5.26. The van der Waals surface area contributed by atoms with Crippen LogP contribution in [0, 0.1) is 0 Å². The quantitative estimate of drug-likeness (QED) is 0.497. The number of unbranched alkanes of at least 4 members (excludes halogenated alkanes) is 1. The Bertz CT molecular complexity index is 395. The zero-order chi connectivity index (χ0) is 14.1. The number of nitrogens with zero attached hydrogens (tertiary/aromatic N) is 1. The van der Waals surface area contributed by atoms with Gasteiger partial charge in [-0.25, -0.2) is 0 Å². The predicted octanol–water partition coefficient (Wildman–Crippen LogP) is 2.46. The number of hydrogen-bond donors (Lipinski definition) is 3. The molecular formula is C14H24N4O. The number of aromatic nitrogens is 1. The third-order valence-corrected chi connectivity index (χ3v) is 3.04. The number of amides is 1. The van der Waals surface area contributed by atoms with Crippen molar-refractivity contribution in [2.75, 3.05) is 5.43 Å². The number of pyridine rings is 1. The van der Waals surface area contributed by atoms with Crippen LogP contribution in [0.1, 0.15) is 56.4 Å². The minimum Gasteiger partial charge on any atom is -0.348 e. The van der Waals surface area contributed by atoms with E-state index in [2.05, 4.69) is 29.6 Å². The number of nitrogen functional groups attached to an aromatic ring is 1. The fourth-order valence-electron chi connectivity index (χ4n) is 1.99. The lowest BCUT2D eigenvalue weighted by molar-refractivity contribution is 0.0927. The molecule has 4 N–H and O–H groups in total. The molecule has 0 fully saturated rings. The highest BCUT2D eigenvalue weighted by Gasteiger charge is 2.13. The van der Waals surface area contributed by atoms with E-state index in [1.54, 1.807) is 18.3 Å². The van der Waals surface area contributed by atoms with Gasteiger partial charge in [0.05, 0.1) is 5.69 Å². The zero-order valence-electron chi connectivity index (χ0n) is 11.8. The van der Waals surface area contributed by atoms with E-state index < -0.39 is 0 Å². The van der Waals surface area contributed by atoms with Crippen molar-refractivity contribution in [2.45, 2.75) is 52.0 Å². The fraction of sp³-hybridized carbons (Fsp3) is 0.571. The Morgan fingerprint density at radius 3 is 2.79 bits per heavy atom. The van der Waals surface area contributed by atoms with Gasteiger partial charge in [0.1, 0.15) is 5.69 Å². The zero-order valence-corrected chi connectivity index (χ0v) is 11.8. The second-order valence-electron chi connectivity index (χ2n) is 4.68. The minimum absolute atomic E-state index is 0.133. The average Bonchev–Trinajstić information content (AvgIpc) is 2.45. The molecule has 1 aromatic heterocycles. The minimum atomic E-state index is -0.133. The first-order valence-corrected chi connectivity index (χ1v) is 6.94. The Morgan fingerprint density at radius 1 is 1.37 bits per heavy atom. The number of rotatable bonds is 8. The lowest BCUT2D eigenvalue weighted by Crippen LogP contribution is -2.35. The van der Waals surface area contributed by atoms with Gasteiger partial charge in [-0.1, -0.05) is 33.1 Å². The second kappa shape index (κ2) is 8.48. The SMILES string of the molecule is CCCCC(CCC)NC(=O)c1cc(NN)ccn1. The number of hydrogen-bond acceptors (Lipinski definition) is 4. The van der Waals surface area contributed by atoms with E-state index in [-0.39, 0.29) is 11.9 Å². The van der Waals surface area contributed by atoms with Crippen LogP contribution in [-0.4, -0.2) is 16.9 Å². The summed E-state index contributed by atoms with van der Waals surface area (Å²) in [6.07, 6.45) is 6.92. The van der Waals surface area contributed by atoms with Crippen LogP contribution in [0.4, 0.5) is 5.69 Å². The Kier molecular flexibility index (Phi) is 6.89. The summed E-state index contributed by atoms with van der Waals surface area (Å²) in [4.78, 5) is 16.2. The summed E-state index contributed by atoms with van der Waals surface area (Å²) in [5.74, 6) is 5.19. The van der Waals surface area contributed by atoms with Crippen molar-refractivity contribution in [3.8, 4) is 0 Å². The van der Waals surface area contributed by atoms with Crippen LogP contribution in [0.3, 0.4) is 0 Å². The van der Waals surface area contributed by atoms with Crippen molar-refractivity contribution in [1.82, 2.24) is 10.3 Å². The van der Waals surface area contributed by atoms with Crippen LogP contribution in [0.15, 0.2) is 18.3 Å². The molecule has 1 heterocycles. The first-order chi connectivity index (χ1) is 9.21. The standard InChI is InChI=1S/C14H24N4O/c1-3-5-7-11(6-4-2)17-14(19)13-10-12(18-15)8-9-16-13/h8-11H,3-7,15H2,1-2H3,(H,16,18)(H,17,19). The molecule has 0 saturated carbocycles. The van der Waals surface area contributed by atoms with Gasteiger partial charge < -0.3 is 10.7 Å². The Morgan fingerprint density at radius 2 is 2.16 bits per heavy atom. The van der Waals surface area contributed by atoms with E-state index in [4.69, 9.17) is 5.84 Å². The average molecular weight is 264 g/mol. The van der Waals surface area contributed by atoms with Gasteiger partial charge in [0.2, 0.25) is 0 Å². The van der Waals surface area contributed by atoms with Crippen LogP contribution >= 0.6 is 0 Å². The summed E-state index contributed by atoms with van der Waals surface area (Å²) < 4.78 is 0. The Balaban J connectivity index is 2.64. The number of nitrogens with one attached hydrogen (secondary N) is 2. The highest BCUT2D eigenvalue weighted by molar-refractivity contribution is 5.93.